The van der Waals surface area contributed by atoms with Gasteiger partial charge in [-0.3, -0.25) is 4.90 Å². The molecule has 1 aromatic carbocycles. The Morgan fingerprint density at radius 3 is 2.89 bits per heavy atom. The van der Waals surface area contributed by atoms with Gasteiger partial charge in [0.25, 0.3) is 0 Å². The van der Waals surface area contributed by atoms with Crippen LogP contribution < -0.4 is 5.32 Å². The third-order valence-corrected chi connectivity index (χ3v) is 4.87. The molecule has 27 heavy (non-hydrogen) atoms. The van der Waals surface area contributed by atoms with Crippen LogP contribution in [0.1, 0.15) is 23.6 Å². The Morgan fingerprint density at radius 2 is 2.07 bits per heavy atom. The summed E-state index contributed by atoms with van der Waals surface area (Å²) in [5.41, 5.74) is 0.834. The smallest absolute Gasteiger partial charge is 0.227 e. The third-order valence-electron chi connectivity index (χ3n) is 4.54. The predicted octanol–water partition coefficient (Wildman–Crippen LogP) is 3.16. The van der Waals surface area contributed by atoms with Crippen molar-refractivity contribution in [1.82, 2.24) is 25.3 Å². The summed E-state index contributed by atoms with van der Waals surface area (Å²) in [6.45, 7) is 2.78. The monoisotopic (exact) mass is 409 g/mol. The Hall–Kier alpha value is -1.93. The minimum absolute atomic E-state index is 0. The van der Waals surface area contributed by atoms with Crippen molar-refractivity contribution >= 4 is 24.0 Å². The standard InChI is InChI=1S/C18H20ClN5O2.ClH/c1-24-9-8-20-10-14(24)18-22-17(26-23-18)7-6-16-21-11-15(25-16)12-4-2-3-5-13(12)19;/h2-5,11,14,20H,6-10H2,1H3;1H. The van der Waals surface area contributed by atoms with Crippen LogP contribution in [0.15, 0.2) is 39.4 Å². The maximum Gasteiger partial charge on any atom is 0.227 e. The van der Waals surface area contributed by atoms with Crippen LogP contribution in [0.2, 0.25) is 5.02 Å². The van der Waals surface area contributed by atoms with E-state index < -0.39 is 0 Å². The van der Waals surface area contributed by atoms with Gasteiger partial charge in [-0.2, -0.15) is 4.98 Å². The molecule has 7 nitrogen and oxygen atoms in total. The maximum atomic E-state index is 6.20. The lowest BCUT2D eigenvalue weighted by Crippen LogP contribution is -2.44. The fourth-order valence-corrected chi connectivity index (χ4v) is 3.25. The molecule has 4 rings (SSSR count). The zero-order valence-electron chi connectivity index (χ0n) is 14.9. The van der Waals surface area contributed by atoms with Crippen LogP contribution in [-0.2, 0) is 12.8 Å². The second kappa shape index (κ2) is 8.84. The fraction of sp³-hybridized carbons (Fsp3) is 0.389. The lowest BCUT2D eigenvalue weighted by molar-refractivity contribution is 0.190. The Labute approximate surface area is 168 Å². The number of rotatable bonds is 5. The van der Waals surface area contributed by atoms with Crippen LogP contribution in [0.5, 0.6) is 0 Å². The summed E-state index contributed by atoms with van der Waals surface area (Å²) < 4.78 is 11.2. The van der Waals surface area contributed by atoms with Gasteiger partial charge in [0.1, 0.15) is 0 Å². The largest absolute Gasteiger partial charge is 0.441 e. The molecule has 0 bridgehead atoms. The zero-order chi connectivity index (χ0) is 17.9. The summed E-state index contributed by atoms with van der Waals surface area (Å²) in [7, 11) is 2.07. The minimum Gasteiger partial charge on any atom is -0.441 e. The van der Waals surface area contributed by atoms with Crippen molar-refractivity contribution in [1.29, 1.82) is 0 Å². The topological polar surface area (TPSA) is 80.2 Å². The predicted molar refractivity (Wildman–Crippen MR) is 104 cm³/mol. The number of hydrogen-bond acceptors (Lipinski definition) is 7. The van der Waals surface area contributed by atoms with E-state index in [-0.39, 0.29) is 18.4 Å². The molecule has 9 heteroatoms. The second-order valence-corrected chi connectivity index (χ2v) is 6.75. The first-order valence-electron chi connectivity index (χ1n) is 8.64. The van der Waals surface area contributed by atoms with Gasteiger partial charge in [0.15, 0.2) is 17.5 Å². The number of aromatic nitrogens is 3. The molecule has 1 saturated heterocycles. The van der Waals surface area contributed by atoms with Gasteiger partial charge in [-0.15, -0.1) is 12.4 Å². The van der Waals surface area contributed by atoms with E-state index in [9.17, 15) is 0 Å². The van der Waals surface area contributed by atoms with E-state index in [0.717, 1.165) is 31.0 Å². The van der Waals surface area contributed by atoms with Crippen molar-refractivity contribution in [2.45, 2.75) is 18.9 Å². The number of nitrogens with zero attached hydrogens (tertiary/aromatic N) is 4. The number of likely N-dealkylation sites (N-methyl/N-ethyl adjacent to an activating group) is 1. The first-order valence-corrected chi connectivity index (χ1v) is 9.01. The van der Waals surface area contributed by atoms with Crippen molar-refractivity contribution in [3.05, 3.63) is 53.1 Å². The van der Waals surface area contributed by atoms with Crippen LogP contribution in [0.3, 0.4) is 0 Å². The highest BCUT2D eigenvalue weighted by molar-refractivity contribution is 6.33. The lowest BCUT2D eigenvalue weighted by Gasteiger charge is -2.30. The molecule has 1 aliphatic heterocycles. The number of nitrogens with one attached hydrogen (secondary N) is 1. The number of hydrogen-bond donors (Lipinski definition) is 1. The number of benzene rings is 1. The molecule has 3 aromatic rings. The summed E-state index contributed by atoms with van der Waals surface area (Å²) in [5.74, 6) is 2.60. The molecule has 1 aliphatic rings. The van der Waals surface area contributed by atoms with Crippen LogP contribution in [0, 0.1) is 0 Å². The summed E-state index contributed by atoms with van der Waals surface area (Å²) in [6.07, 6.45) is 2.86. The van der Waals surface area contributed by atoms with E-state index in [2.05, 4.69) is 32.4 Å². The van der Waals surface area contributed by atoms with Gasteiger partial charge >= 0.3 is 0 Å². The normalized spacial score (nSPS) is 17.6. The molecular weight excluding hydrogens is 389 g/mol. The highest BCUT2D eigenvalue weighted by Crippen LogP contribution is 2.28. The molecule has 1 unspecified atom stereocenters. The molecule has 0 saturated carbocycles. The second-order valence-electron chi connectivity index (χ2n) is 6.34. The van der Waals surface area contributed by atoms with Crippen molar-refractivity contribution in [3.8, 4) is 11.3 Å². The van der Waals surface area contributed by atoms with Crippen molar-refractivity contribution < 1.29 is 8.94 Å². The maximum absolute atomic E-state index is 6.20. The van der Waals surface area contributed by atoms with E-state index in [4.69, 9.17) is 20.5 Å². The van der Waals surface area contributed by atoms with Crippen molar-refractivity contribution in [2.24, 2.45) is 0 Å². The molecule has 2 aromatic heterocycles. The van der Waals surface area contributed by atoms with Gasteiger partial charge in [-0.1, -0.05) is 28.9 Å². The molecular formula is C18H21Cl2N5O2. The molecule has 0 aliphatic carbocycles. The first-order chi connectivity index (χ1) is 12.7. The van der Waals surface area contributed by atoms with E-state index in [1.807, 2.05) is 24.3 Å². The van der Waals surface area contributed by atoms with Gasteiger partial charge in [0.2, 0.25) is 5.89 Å². The average molecular weight is 410 g/mol. The van der Waals surface area contributed by atoms with Gasteiger partial charge < -0.3 is 14.3 Å². The van der Waals surface area contributed by atoms with E-state index >= 15 is 0 Å². The molecule has 1 N–H and O–H groups in total. The fourth-order valence-electron chi connectivity index (χ4n) is 3.02. The molecule has 144 valence electrons. The van der Waals surface area contributed by atoms with Crippen LogP contribution in [-0.4, -0.2) is 46.7 Å². The highest BCUT2D eigenvalue weighted by atomic mass is 35.5. The number of oxazole rings is 1. The van der Waals surface area contributed by atoms with Crippen LogP contribution >= 0.6 is 24.0 Å². The lowest BCUT2D eigenvalue weighted by atomic mass is 10.2. The number of halogens is 2. The molecule has 0 amide bonds. The van der Waals surface area contributed by atoms with Gasteiger partial charge in [-0.05, 0) is 19.2 Å². The molecule has 0 spiro atoms. The van der Waals surface area contributed by atoms with Crippen molar-refractivity contribution in [3.63, 3.8) is 0 Å². The van der Waals surface area contributed by atoms with E-state index in [1.165, 1.54) is 0 Å². The van der Waals surface area contributed by atoms with E-state index in [1.54, 1.807) is 6.20 Å². The van der Waals surface area contributed by atoms with Crippen LogP contribution in [0.25, 0.3) is 11.3 Å². The average Bonchev–Trinajstić information content (AvgIpc) is 3.30. The zero-order valence-corrected chi connectivity index (χ0v) is 16.5. The van der Waals surface area contributed by atoms with Crippen LogP contribution in [0.4, 0.5) is 0 Å². The molecule has 1 fully saturated rings. The summed E-state index contributed by atoms with van der Waals surface area (Å²) >= 11 is 6.20. The molecule has 3 heterocycles. The Morgan fingerprint density at radius 1 is 1.26 bits per heavy atom. The van der Waals surface area contributed by atoms with E-state index in [0.29, 0.717) is 35.4 Å². The number of piperazine rings is 1. The Bertz CT molecular complexity index is 882. The van der Waals surface area contributed by atoms with Gasteiger partial charge in [0, 0.05) is 38.0 Å². The summed E-state index contributed by atoms with van der Waals surface area (Å²) in [6, 6.07) is 7.69. The molecule has 0 radical (unpaired) electrons. The highest BCUT2D eigenvalue weighted by Gasteiger charge is 2.25. The SMILES string of the molecule is CN1CCNCC1c1noc(CCc2ncc(-c3ccccc3Cl)o2)n1.Cl. The Balaban J connectivity index is 0.00000210. The minimum atomic E-state index is 0. The quantitative estimate of drug-likeness (QED) is 0.692. The third kappa shape index (κ3) is 4.50. The summed E-state index contributed by atoms with van der Waals surface area (Å²) in [5, 5.41) is 8.13. The number of aryl methyl sites for hydroxylation is 2. The van der Waals surface area contributed by atoms with Crippen molar-refractivity contribution in [2.75, 3.05) is 26.7 Å². The van der Waals surface area contributed by atoms with Gasteiger partial charge in [0.05, 0.1) is 17.3 Å². The van der Waals surface area contributed by atoms with Gasteiger partial charge in [-0.25, -0.2) is 4.98 Å². The Kier molecular flexibility index (Phi) is 6.49. The molecule has 1 atom stereocenters. The summed E-state index contributed by atoms with van der Waals surface area (Å²) in [4.78, 5) is 11.1. The first kappa shape index (κ1) is 19.8.